The highest BCUT2D eigenvalue weighted by atomic mass is 35.5. The summed E-state index contributed by atoms with van der Waals surface area (Å²) in [6.07, 6.45) is 1.54. The number of ether oxygens (including phenoxy) is 1. The smallest absolute Gasteiger partial charge is 0.311 e. The largest absolute Gasteiger partial charge is 0.379 e. The van der Waals surface area contributed by atoms with Gasteiger partial charge in [0.15, 0.2) is 5.03 Å². The highest BCUT2D eigenvalue weighted by Crippen LogP contribution is 2.38. The van der Waals surface area contributed by atoms with Gasteiger partial charge in [-0.05, 0) is 41.8 Å². The number of carbonyl (C=O) groups excluding carboxylic acids is 1. The second-order valence-electron chi connectivity index (χ2n) is 7.71. The fourth-order valence-corrected chi connectivity index (χ4v) is 4.79. The fourth-order valence-electron chi connectivity index (χ4n) is 3.73. The molecule has 0 bridgehead atoms. The number of amides is 1. The van der Waals surface area contributed by atoms with Crippen LogP contribution >= 0.6 is 23.2 Å². The first-order valence-corrected chi connectivity index (χ1v) is 12.4. The van der Waals surface area contributed by atoms with Gasteiger partial charge in [0.2, 0.25) is 5.91 Å². The van der Waals surface area contributed by atoms with Crippen molar-refractivity contribution in [2.24, 2.45) is 5.73 Å². The number of nitrogens with zero attached hydrogens (tertiary/aromatic N) is 2. The van der Waals surface area contributed by atoms with Crippen molar-refractivity contribution < 1.29 is 31.3 Å². The standard InChI is InChI=1S/C20H16Cl2F2N2O4S.C2H5NO/c21-14-7-11(1-3-16(14)23)19(12-2-4-17(24)15(22)8-12)20-25-9-18(31(27,28)29)26(20)13-5-6-30-10-13;1-2(3)4/h1-4,7-9,13,19H,5-6,10H2,(H,27,28,29);1H3,(H2,3,4). The third kappa shape index (κ3) is 6.36. The Morgan fingerprint density at radius 2 is 1.69 bits per heavy atom. The topological polar surface area (TPSA) is 125 Å². The zero-order valence-corrected chi connectivity index (χ0v) is 20.6. The van der Waals surface area contributed by atoms with Crippen LogP contribution in [0.2, 0.25) is 10.0 Å². The molecule has 1 fully saturated rings. The molecule has 3 aromatic rings. The second kappa shape index (κ2) is 11.0. The number of hydrogen-bond acceptors (Lipinski definition) is 5. The van der Waals surface area contributed by atoms with Gasteiger partial charge in [-0.3, -0.25) is 9.35 Å². The molecule has 35 heavy (non-hydrogen) atoms. The molecular formula is C22H21Cl2F2N3O5S. The Morgan fingerprint density at radius 3 is 2.09 bits per heavy atom. The lowest BCUT2D eigenvalue weighted by Crippen LogP contribution is -2.20. The molecule has 1 aromatic heterocycles. The van der Waals surface area contributed by atoms with Crippen molar-refractivity contribution in [3.63, 3.8) is 0 Å². The van der Waals surface area contributed by atoms with Gasteiger partial charge in [-0.1, -0.05) is 35.3 Å². The molecule has 188 valence electrons. The van der Waals surface area contributed by atoms with Crippen molar-refractivity contribution in [3.05, 3.63) is 81.2 Å². The van der Waals surface area contributed by atoms with E-state index in [9.17, 15) is 26.5 Å². The minimum Gasteiger partial charge on any atom is -0.379 e. The molecule has 1 unspecified atom stereocenters. The Kier molecular flexibility index (Phi) is 8.50. The number of benzene rings is 2. The van der Waals surface area contributed by atoms with Gasteiger partial charge in [0, 0.05) is 13.5 Å². The van der Waals surface area contributed by atoms with Crippen LogP contribution in [0.15, 0.2) is 47.6 Å². The van der Waals surface area contributed by atoms with E-state index in [-0.39, 0.29) is 28.4 Å². The Balaban J connectivity index is 0.000000795. The molecule has 1 aliphatic heterocycles. The van der Waals surface area contributed by atoms with Crippen molar-refractivity contribution in [2.45, 2.75) is 30.3 Å². The van der Waals surface area contributed by atoms with E-state index < -0.39 is 38.7 Å². The predicted octanol–water partition coefficient (Wildman–Crippen LogP) is 4.35. The summed E-state index contributed by atoms with van der Waals surface area (Å²) in [5.41, 5.74) is 5.42. The maximum Gasteiger partial charge on any atom is 0.311 e. The number of halogens is 4. The SMILES string of the molecule is CC(N)=O.O=S(=O)(O)c1cnc(C(c2ccc(F)c(Cl)c2)c2ccc(F)c(Cl)c2)n1C1CCOC1. The highest BCUT2D eigenvalue weighted by Gasteiger charge is 2.33. The van der Waals surface area contributed by atoms with Gasteiger partial charge in [-0.2, -0.15) is 8.42 Å². The van der Waals surface area contributed by atoms with E-state index in [0.717, 1.165) is 6.20 Å². The summed E-state index contributed by atoms with van der Waals surface area (Å²) in [5, 5.41) is -0.689. The molecular weight excluding hydrogens is 527 g/mol. The van der Waals surface area contributed by atoms with Gasteiger partial charge < -0.3 is 15.0 Å². The first-order chi connectivity index (χ1) is 16.4. The molecule has 0 spiro atoms. The summed E-state index contributed by atoms with van der Waals surface area (Å²) in [4.78, 5) is 13.5. The molecule has 8 nitrogen and oxygen atoms in total. The van der Waals surface area contributed by atoms with Crippen molar-refractivity contribution in [3.8, 4) is 0 Å². The molecule has 2 aromatic carbocycles. The number of imidazole rings is 1. The van der Waals surface area contributed by atoms with Crippen LogP contribution in [0.3, 0.4) is 0 Å². The minimum absolute atomic E-state index is 0.145. The third-order valence-electron chi connectivity index (χ3n) is 5.14. The Bertz CT molecular complexity index is 1290. The van der Waals surface area contributed by atoms with Crippen LogP contribution in [0.5, 0.6) is 0 Å². The lowest BCUT2D eigenvalue weighted by Gasteiger charge is -2.23. The zero-order chi connectivity index (χ0) is 25.9. The summed E-state index contributed by atoms with van der Waals surface area (Å²) in [6, 6.07) is 7.65. The Labute approximate surface area is 210 Å². The van der Waals surface area contributed by atoms with E-state index in [2.05, 4.69) is 10.7 Å². The van der Waals surface area contributed by atoms with Crippen LogP contribution in [0.1, 0.15) is 42.3 Å². The average Bonchev–Trinajstić information content (AvgIpc) is 3.42. The number of aromatic nitrogens is 2. The van der Waals surface area contributed by atoms with Crippen LogP contribution in [0.4, 0.5) is 8.78 Å². The maximum atomic E-state index is 13.8. The first kappa shape index (κ1) is 27.0. The van der Waals surface area contributed by atoms with Crippen LogP contribution in [-0.2, 0) is 19.6 Å². The molecule has 1 saturated heterocycles. The van der Waals surface area contributed by atoms with E-state index in [1.165, 1.54) is 47.9 Å². The second-order valence-corrected chi connectivity index (χ2v) is 9.89. The Hall–Kier alpha value is -2.57. The lowest BCUT2D eigenvalue weighted by atomic mass is 9.90. The highest BCUT2D eigenvalue weighted by molar-refractivity contribution is 7.85. The normalized spacial score (nSPS) is 15.7. The molecule has 3 N–H and O–H groups in total. The van der Waals surface area contributed by atoms with Gasteiger partial charge in [0.05, 0.1) is 34.8 Å². The molecule has 2 heterocycles. The fraction of sp³-hybridized carbons (Fsp3) is 0.273. The molecule has 0 aliphatic carbocycles. The maximum absolute atomic E-state index is 13.8. The lowest BCUT2D eigenvalue weighted by molar-refractivity contribution is -0.115. The molecule has 1 aliphatic rings. The monoisotopic (exact) mass is 547 g/mol. The van der Waals surface area contributed by atoms with Crippen molar-refractivity contribution in [2.75, 3.05) is 13.2 Å². The van der Waals surface area contributed by atoms with Gasteiger partial charge >= 0.3 is 10.1 Å². The molecule has 1 atom stereocenters. The molecule has 0 radical (unpaired) electrons. The number of nitrogens with two attached hydrogens (primary N) is 1. The van der Waals surface area contributed by atoms with Crippen molar-refractivity contribution in [1.29, 1.82) is 0 Å². The van der Waals surface area contributed by atoms with E-state index in [4.69, 9.17) is 27.9 Å². The van der Waals surface area contributed by atoms with E-state index in [1.807, 2.05) is 0 Å². The van der Waals surface area contributed by atoms with E-state index >= 15 is 0 Å². The summed E-state index contributed by atoms with van der Waals surface area (Å²) in [6.45, 7) is 1.93. The van der Waals surface area contributed by atoms with E-state index in [1.54, 1.807) is 0 Å². The van der Waals surface area contributed by atoms with E-state index in [0.29, 0.717) is 24.2 Å². The van der Waals surface area contributed by atoms with Crippen LogP contribution < -0.4 is 5.73 Å². The average molecular weight is 548 g/mol. The zero-order valence-electron chi connectivity index (χ0n) is 18.3. The quantitative estimate of drug-likeness (QED) is 0.457. The predicted molar refractivity (Wildman–Crippen MR) is 125 cm³/mol. The molecule has 13 heteroatoms. The minimum atomic E-state index is -4.60. The van der Waals surface area contributed by atoms with Crippen molar-refractivity contribution in [1.82, 2.24) is 9.55 Å². The van der Waals surface area contributed by atoms with Gasteiger partial charge in [0.25, 0.3) is 0 Å². The third-order valence-corrected chi connectivity index (χ3v) is 6.55. The van der Waals surface area contributed by atoms with Crippen LogP contribution in [0, 0.1) is 11.6 Å². The summed E-state index contributed by atoms with van der Waals surface area (Å²) in [7, 11) is -4.60. The van der Waals surface area contributed by atoms with Crippen molar-refractivity contribution >= 4 is 39.2 Å². The summed E-state index contributed by atoms with van der Waals surface area (Å²) >= 11 is 12.0. The summed E-state index contributed by atoms with van der Waals surface area (Å²) < 4.78 is 68.2. The van der Waals surface area contributed by atoms with Gasteiger partial charge in [0.1, 0.15) is 17.5 Å². The van der Waals surface area contributed by atoms with Crippen LogP contribution in [0.25, 0.3) is 0 Å². The molecule has 1 amide bonds. The summed E-state index contributed by atoms with van der Waals surface area (Å²) in [5.74, 6) is -2.15. The number of carbonyl (C=O) groups is 1. The molecule has 4 rings (SSSR count). The number of hydrogen-bond donors (Lipinski definition) is 2. The first-order valence-electron chi connectivity index (χ1n) is 10.2. The molecule has 0 saturated carbocycles. The number of rotatable bonds is 5. The number of primary amides is 1. The van der Waals surface area contributed by atoms with Gasteiger partial charge in [-0.25, -0.2) is 13.8 Å². The van der Waals surface area contributed by atoms with Crippen LogP contribution in [-0.4, -0.2) is 41.6 Å². The Morgan fingerprint density at radius 1 is 1.17 bits per heavy atom. The van der Waals surface area contributed by atoms with Gasteiger partial charge in [-0.15, -0.1) is 0 Å².